The molecule has 2 aromatic carbocycles. The Morgan fingerprint density at radius 3 is 2.48 bits per heavy atom. The van der Waals surface area contributed by atoms with Gasteiger partial charge in [-0.2, -0.15) is 13.2 Å². The van der Waals surface area contributed by atoms with Crippen LogP contribution in [-0.4, -0.2) is 21.7 Å². The second-order valence-electron chi connectivity index (χ2n) is 5.62. The molecule has 0 unspecified atom stereocenters. The van der Waals surface area contributed by atoms with Gasteiger partial charge in [-0.15, -0.1) is 0 Å². The first-order valence-electron chi connectivity index (χ1n) is 7.78. The summed E-state index contributed by atoms with van der Waals surface area (Å²) in [5, 5.41) is 9.93. The molecule has 5 nitrogen and oxygen atoms in total. The van der Waals surface area contributed by atoms with E-state index in [0.29, 0.717) is 5.56 Å². The molecule has 8 heteroatoms. The zero-order valence-electron chi connectivity index (χ0n) is 14.0. The molecule has 1 aromatic heterocycles. The summed E-state index contributed by atoms with van der Waals surface area (Å²) in [4.78, 5) is 20.0. The molecule has 0 aliphatic heterocycles. The van der Waals surface area contributed by atoms with E-state index in [1.165, 1.54) is 13.0 Å². The molecule has 0 aliphatic carbocycles. The summed E-state index contributed by atoms with van der Waals surface area (Å²) in [6.45, 7) is 1.40. The topological polar surface area (TPSA) is 75.7 Å². The first kappa shape index (κ1) is 18.4. The average molecular weight is 374 g/mol. The number of nitrogens with zero attached hydrogens (tertiary/aromatic N) is 2. The van der Waals surface area contributed by atoms with Crippen molar-refractivity contribution in [3.05, 3.63) is 71.4 Å². The van der Waals surface area contributed by atoms with Gasteiger partial charge in [-0.1, -0.05) is 24.3 Å². The minimum Gasteiger partial charge on any atom is -0.479 e. The predicted octanol–water partition coefficient (Wildman–Crippen LogP) is 4.72. The van der Waals surface area contributed by atoms with Crippen molar-refractivity contribution in [2.45, 2.75) is 13.1 Å². The van der Waals surface area contributed by atoms with Gasteiger partial charge in [0, 0.05) is 11.1 Å². The largest absolute Gasteiger partial charge is 0.479 e. The normalized spacial score (nSPS) is 12.2. The summed E-state index contributed by atoms with van der Waals surface area (Å²) < 4.78 is 43.5. The molecule has 0 saturated heterocycles. The van der Waals surface area contributed by atoms with E-state index in [4.69, 9.17) is 4.42 Å². The summed E-state index contributed by atoms with van der Waals surface area (Å²) >= 11 is 0. The fourth-order valence-electron chi connectivity index (χ4n) is 2.35. The highest BCUT2D eigenvalue weighted by Gasteiger charge is 2.31. The summed E-state index contributed by atoms with van der Waals surface area (Å²) in [5.74, 6) is -1.29. The lowest BCUT2D eigenvalue weighted by Gasteiger charge is -2.07. The van der Waals surface area contributed by atoms with Crippen molar-refractivity contribution >= 4 is 11.6 Å². The second-order valence-corrected chi connectivity index (χ2v) is 5.62. The number of alkyl halides is 3. The lowest BCUT2D eigenvalue weighted by atomic mass is 10.1. The van der Waals surface area contributed by atoms with Gasteiger partial charge < -0.3 is 9.52 Å². The smallest absolute Gasteiger partial charge is 0.416 e. The molecule has 0 radical (unpaired) electrons. The van der Waals surface area contributed by atoms with Gasteiger partial charge in [-0.25, -0.2) is 9.98 Å². The Balaban J connectivity index is 1.90. The third kappa shape index (κ3) is 4.05. The molecule has 0 spiro atoms. The number of rotatable bonds is 3. The fraction of sp³-hybridized carbons (Fsp3) is 0.105. The van der Waals surface area contributed by atoms with E-state index in [0.717, 1.165) is 18.2 Å². The van der Waals surface area contributed by atoms with E-state index in [1.54, 1.807) is 30.3 Å². The number of carbonyl (C=O) groups is 1. The van der Waals surface area contributed by atoms with Crippen LogP contribution in [0.3, 0.4) is 0 Å². The van der Waals surface area contributed by atoms with Crippen LogP contribution in [0.5, 0.6) is 5.95 Å². The number of benzene rings is 2. The van der Waals surface area contributed by atoms with Gasteiger partial charge in [0.2, 0.25) is 5.89 Å². The maximum absolute atomic E-state index is 12.8. The summed E-state index contributed by atoms with van der Waals surface area (Å²) in [6.07, 6.45) is -4.57. The molecule has 138 valence electrons. The van der Waals surface area contributed by atoms with Crippen molar-refractivity contribution in [2.75, 3.05) is 0 Å². The Hall–Kier alpha value is -3.42. The molecule has 0 bridgehead atoms. The minimum absolute atomic E-state index is 0.0147. The molecule has 3 aromatic rings. The lowest BCUT2D eigenvalue weighted by Crippen LogP contribution is -2.08. The Kier molecular flexibility index (Phi) is 4.81. The third-order valence-corrected chi connectivity index (χ3v) is 3.68. The molecule has 1 heterocycles. The quantitative estimate of drug-likeness (QED) is 0.674. The third-order valence-electron chi connectivity index (χ3n) is 3.68. The van der Waals surface area contributed by atoms with Crippen LogP contribution in [0.2, 0.25) is 0 Å². The number of hydrogen-bond acceptors (Lipinski definition) is 4. The van der Waals surface area contributed by atoms with Crippen LogP contribution < -0.4 is 0 Å². The van der Waals surface area contributed by atoms with Crippen molar-refractivity contribution < 1.29 is 27.5 Å². The minimum atomic E-state index is -4.57. The van der Waals surface area contributed by atoms with Crippen molar-refractivity contribution in [1.29, 1.82) is 0 Å². The Bertz CT molecular complexity index is 1010. The van der Waals surface area contributed by atoms with Crippen LogP contribution in [0, 0.1) is 0 Å². The highest BCUT2D eigenvalue weighted by atomic mass is 19.4. The van der Waals surface area contributed by atoms with Crippen molar-refractivity contribution in [3.63, 3.8) is 0 Å². The number of aromatic nitrogens is 1. The van der Waals surface area contributed by atoms with E-state index in [1.807, 2.05) is 0 Å². The maximum atomic E-state index is 12.8. The number of aromatic hydroxyl groups is 1. The van der Waals surface area contributed by atoms with Crippen LogP contribution in [-0.2, 0) is 6.18 Å². The number of oxazole rings is 1. The first-order valence-corrected chi connectivity index (χ1v) is 7.78. The molecule has 0 aliphatic rings. The monoisotopic (exact) mass is 374 g/mol. The highest BCUT2D eigenvalue weighted by Crippen LogP contribution is 2.30. The van der Waals surface area contributed by atoms with Crippen molar-refractivity contribution in [3.8, 4) is 17.4 Å². The number of carbonyl (C=O) groups excluding carboxylic acids is 1. The molecule has 3 rings (SSSR count). The molecular formula is C19H13F3N2O3. The van der Waals surface area contributed by atoms with Crippen molar-refractivity contribution in [1.82, 2.24) is 4.98 Å². The van der Waals surface area contributed by atoms with E-state index in [9.17, 15) is 23.1 Å². The van der Waals surface area contributed by atoms with Gasteiger partial charge in [0.1, 0.15) is 0 Å². The van der Waals surface area contributed by atoms with Crippen LogP contribution in [0.1, 0.15) is 28.5 Å². The van der Waals surface area contributed by atoms with Gasteiger partial charge >= 0.3 is 12.1 Å². The zero-order valence-corrected chi connectivity index (χ0v) is 14.0. The van der Waals surface area contributed by atoms with Gasteiger partial charge in [0.15, 0.2) is 5.69 Å². The van der Waals surface area contributed by atoms with E-state index in [2.05, 4.69) is 9.98 Å². The molecule has 1 amide bonds. The van der Waals surface area contributed by atoms with Gasteiger partial charge in [-0.3, -0.25) is 4.79 Å². The van der Waals surface area contributed by atoms with Gasteiger partial charge in [-0.05, 0) is 37.3 Å². The van der Waals surface area contributed by atoms with Crippen molar-refractivity contribution in [2.24, 2.45) is 4.99 Å². The predicted molar refractivity (Wildman–Crippen MR) is 91.6 cm³/mol. The molecule has 0 saturated carbocycles. The Labute approximate surface area is 151 Å². The molecule has 27 heavy (non-hydrogen) atoms. The van der Waals surface area contributed by atoms with Gasteiger partial charge in [0.05, 0.1) is 11.3 Å². The van der Waals surface area contributed by atoms with Gasteiger partial charge in [0.25, 0.3) is 5.91 Å². The average Bonchev–Trinajstić information content (AvgIpc) is 3.04. The Morgan fingerprint density at radius 2 is 1.81 bits per heavy atom. The fourth-order valence-corrected chi connectivity index (χ4v) is 2.35. The lowest BCUT2D eigenvalue weighted by molar-refractivity contribution is -0.137. The van der Waals surface area contributed by atoms with Crippen LogP contribution >= 0.6 is 0 Å². The summed E-state index contributed by atoms with van der Waals surface area (Å²) in [5.41, 5.74) is -0.613. The molecular weight excluding hydrogens is 361 g/mol. The van der Waals surface area contributed by atoms with Crippen LogP contribution in [0.25, 0.3) is 11.5 Å². The molecule has 0 fully saturated rings. The highest BCUT2D eigenvalue weighted by molar-refractivity contribution is 6.09. The second kappa shape index (κ2) is 7.06. The zero-order chi connectivity index (χ0) is 19.6. The molecule has 1 N–H and O–H groups in total. The number of halogens is 3. The number of amides is 1. The van der Waals surface area contributed by atoms with Crippen LogP contribution in [0.4, 0.5) is 13.2 Å². The maximum Gasteiger partial charge on any atom is 0.416 e. The van der Waals surface area contributed by atoms with E-state index >= 15 is 0 Å². The molecule has 0 atom stereocenters. The SMILES string of the molecule is CC(=NC(=O)c1cccc(C(F)(F)F)c1)c1nc(-c2ccccc2)oc1O. The van der Waals surface area contributed by atoms with Crippen LogP contribution in [0.15, 0.2) is 64.0 Å². The number of aliphatic imine (C=N–C) groups is 1. The van der Waals surface area contributed by atoms with E-state index in [-0.39, 0.29) is 22.9 Å². The Morgan fingerprint density at radius 1 is 1.11 bits per heavy atom. The summed E-state index contributed by atoms with van der Waals surface area (Å²) in [7, 11) is 0. The number of hydrogen-bond donors (Lipinski definition) is 1. The summed E-state index contributed by atoms with van der Waals surface area (Å²) in [6, 6.07) is 12.7. The van der Waals surface area contributed by atoms with E-state index < -0.39 is 23.6 Å². The first-order chi connectivity index (χ1) is 12.8. The standard InChI is InChI=1S/C19H13F3N2O3/c1-11(15-18(26)27-17(24-15)12-6-3-2-4-7-12)23-16(25)13-8-5-9-14(10-13)19(20,21)22/h2-10,26H,1H3.